The SMILES string of the molecule is O=C(CCl)CN1C(=O)CCC1=O. The summed E-state index contributed by atoms with van der Waals surface area (Å²) in [5.41, 5.74) is 0. The second-order valence-electron chi connectivity index (χ2n) is 2.55. The fourth-order valence-corrected chi connectivity index (χ4v) is 1.10. The molecule has 0 N–H and O–H groups in total. The maximum Gasteiger partial charge on any atom is 0.230 e. The second kappa shape index (κ2) is 3.67. The highest BCUT2D eigenvalue weighted by Gasteiger charge is 2.29. The van der Waals surface area contributed by atoms with Crippen LogP contribution < -0.4 is 0 Å². The van der Waals surface area contributed by atoms with Gasteiger partial charge in [0, 0.05) is 12.8 Å². The van der Waals surface area contributed by atoms with E-state index < -0.39 is 0 Å². The maximum absolute atomic E-state index is 10.9. The fraction of sp³-hybridized carbons (Fsp3) is 0.571. The molecule has 5 heteroatoms. The van der Waals surface area contributed by atoms with Gasteiger partial charge in [-0.3, -0.25) is 19.3 Å². The molecule has 1 rings (SSSR count). The van der Waals surface area contributed by atoms with Crippen molar-refractivity contribution in [3.63, 3.8) is 0 Å². The number of rotatable bonds is 3. The fourth-order valence-electron chi connectivity index (χ4n) is 1.02. The van der Waals surface area contributed by atoms with Gasteiger partial charge in [-0.2, -0.15) is 0 Å². The van der Waals surface area contributed by atoms with Gasteiger partial charge in [-0.05, 0) is 0 Å². The first-order valence-corrected chi connectivity index (χ1v) is 4.09. The first-order valence-electron chi connectivity index (χ1n) is 3.56. The van der Waals surface area contributed by atoms with Gasteiger partial charge >= 0.3 is 0 Å². The van der Waals surface area contributed by atoms with Gasteiger partial charge in [0.2, 0.25) is 11.8 Å². The Bertz CT molecular complexity index is 223. The van der Waals surface area contributed by atoms with E-state index in [1.165, 1.54) is 0 Å². The van der Waals surface area contributed by atoms with Crippen molar-refractivity contribution < 1.29 is 14.4 Å². The summed E-state index contributed by atoms with van der Waals surface area (Å²) < 4.78 is 0. The Balaban J connectivity index is 2.56. The quantitative estimate of drug-likeness (QED) is 0.462. The van der Waals surface area contributed by atoms with Gasteiger partial charge in [-0.15, -0.1) is 11.6 Å². The lowest BCUT2D eigenvalue weighted by Gasteiger charge is -2.10. The molecule has 0 saturated carbocycles. The molecular weight excluding hydrogens is 182 g/mol. The molecule has 4 nitrogen and oxygen atoms in total. The van der Waals surface area contributed by atoms with Crippen LogP contribution >= 0.6 is 11.6 Å². The van der Waals surface area contributed by atoms with Crippen molar-refractivity contribution in [3.05, 3.63) is 0 Å². The number of alkyl halides is 1. The Morgan fingerprint density at radius 1 is 1.33 bits per heavy atom. The van der Waals surface area contributed by atoms with Crippen LogP contribution in [-0.4, -0.2) is 34.9 Å². The number of amides is 2. The monoisotopic (exact) mass is 189 g/mol. The van der Waals surface area contributed by atoms with Gasteiger partial charge in [0.25, 0.3) is 0 Å². The van der Waals surface area contributed by atoms with E-state index in [0.29, 0.717) is 0 Å². The molecule has 12 heavy (non-hydrogen) atoms. The number of imide groups is 1. The molecule has 0 atom stereocenters. The van der Waals surface area contributed by atoms with Gasteiger partial charge in [0.1, 0.15) is 0 Å². The average Bonchev–Trinajstić information content (AvgIpc) is 2.35. The van der Waals surface area contributed by atoms with E-state index in [4.69, 9.17) is 11.6 Å². The molecule has 0 aromatic rings. The summed E-state index contributed by atoms with van der Waals surface area (Å²) in [6.45, 7) is -0.166. The zero-order valence-corrected chi connectivity index (χ0v) is 7.13. The minimum atomic E-state index is -0.305. The molecule has 1 aliphatic rings. The van der Waals surface area contributed by atoms with E-state index in [-0.39, 0.29) is 42.9 Å². The molecule has 0 aliphatic carbocycles. The second-order valence-corrected chi connectivity index (χ2v) is 2.81. The maximum atomic E-state index is 10.9. The molecule has 66 valence electrons. The number of hydrogen-bond donors (Lipinski definition) is 0. The first-order chi connectivity index (χ1) is 5.65. The van der Waals surface area contributed by atoms with Crippen LogP contribution in [0.25, 0.3) is 0 Å². The summed E-state index contributed by atoms with van der Waals surface area (Å²) in [7, 11) is 0. The van der Waals surface area contributed by atoms with Crippen molar-refractivity contribution in [3.8, 4) is 0 Å². The van der Waals surface area contributed by atoms with Crippen LogP contribution in [0, 0.1) is 0 Å². The van der Waals surface area contributed by atoms with E-state index in [0.717, 1.165) is 4.90 Å². The zero-order chi connectivity index (χ0) is 9.14. The molecule has 1 aliphatic heterocycles. The third kappa shape index (κ3) is 1.82. The Hall–Kier alpha value is -0.900. The lowest BCUT2D eigenvalue weighted by molar-refractivity contribution is -0.141. The van der Waals surface area contributed by atoms with Crippen molar-refractivity contribution in [1.82, 2.24) is 4.90 Å². The molecule has 0 aromatic carbocycles. The summed E-state index contributed by atoms with van der Waals surface area (Å²) in [4.78, 5) is 33.6. The van der Waals surface area contributed by atoms with Gasteiger partial charge in [-0.1, -0.05) is 0 Å². The number of carbonyl (C=O) groups is 3. The molecule has 2 amide bonds. The third-order valence-electron chi connectivity index (χ3n) is 1.64. The van der Waals surface area contributed by atoms with Crippen LogP contribution in [0.2, 0.25) is 0 Å². The number of Topliss-reactive ketones (excluding diaryl/α,β-unsaturated/α-hetero) is 1. The minimum absolute atomic E-state index is 0.156. The van der Waals surface area contributed by atoms with Crippen LogP contribution in [-0.2, 0) is 14.4 Å². The highest BCUT2D eigenvalue weighted by atomic mass is 35.5. The number of likely N-dealkylation sites (tertiary alicyclic amines) is 1. The number of hydrogen-bond acceptors (Lipinski definition) is 3. The Kier molecular flexibility index (Phi) is 2.81. The molecule has 0 radical (unpaired) electrons. The Labute approximate surface area is 74.5 Å². The highest BCUT2D eigenvalue weighted by molar-refractivity contribution is 6.28. The van der Waals surface area contributed by atoms with E-state index in [1.54, 1.807) is 0 Å². The van der Waals surface area contributed by atoms with Crippen LogP contribution in [0.4, 0.5) is 0 Å². The van der Waals surface area contributed by atoms with Crippen molar-refractivity contribution in [2.75, 3.05) is 12.4 Å². The smallest absolute Gasteiger partial charge is 0.230 e. The summed E-state index contributed by atoms with van der Waals surface area (Å²) in [5.74, 6) is -1.02. The van der Waals surface area contributed by atoms with E-state index in [9.17, 15) is 14.4 Å². The molecule has 0 unspecified atom stereocenters. The largest absolute Gasteiger partial charge is 0.296 e. The van der Waals surface area contributed by atoms with Crippen LogP contribution in [0.15, 0.2) is 0 Å². The number of halogens is 1. The minimum Gasteiger partial charge on any atom is -0.296 e. The van der Waals surface area contributed by atoms with Gasteiger partial charge < -0.3 is 0 Å². The third-order valence-corrected chi connectivity index (χ3v) is 1.94. The highest BCUT2D eigenvalue weighted by Crippen LogP contribution is 2.10. The standard InChI is InChI=1S/C7H8ClNO3/c8-3-5(10)4-9-6(11)1-2-7(9)12/h1-4H2. The van der Waals surface area contributed by atoms with E-state index >= 15 is 0 Å². The van der Waals surface area contributed by atoms with Crippen LogP contribution in [0.1, 0.15) is 12.8 Å². The lowest BCUT2D eigenvalue weighted by Crippen LogP contribution is -2.34. The van der Waals surface area contributed by atoms with E-state index in [2.05, 4.69) is 0 Å². The Morgan fingerprint density at radius 2 is 1.83 bits per heavy atom. The predicted octanol–water partition coefficient (Wildman–Crippen LogP) is -0.0567. The van der Waals surface area contributed by atoms with E-state index in [1.807, 2.05) is 0 Å². The molecule has 1 fully saturated rings. The molecule has 0 spiro atoms. The average molecular weight is 190 g/mol. The summed E-state index contributed by atoms with van der Waals surface area (Å²) in [6, 6.07) is 0. The summed E-state index contributed by atoms with van der Waals surface area (Å²) >= 11 is 5.23. The summed E-state index contributed by atoms with van der Waals surface area (Å²) in [5, 5.41) is 0. The van der Waals surface area contributed by atoms with Gasteiger partial charge in [0.05, 0.1) is 12.4 Å². The lowest BCUT2D eigenvalue weighted by atomic mass is 10.4. The Morgan fingerprint density at radius 3 is 2.25 bits per heavy atom. The molecule has 0 bridgehead atoms. The molecule has 1 saturated heterocycles. The van der Waals surface area contributed by atoms with Gasteiger partial charge in [-0.25, -0.2) is 0 Å². The number of ketones is 1. The van der Waals surface area contributed by atoms with Crippen molar-refractivity contribution in [1.29, 1.82) is 0 Å². The van der Waals surface area contributed by atoms with Crippen molar-refractivity contribution in [2.24, 2.45) is 0 Å². The van der Waals surface area contributed by atoms with Crippen LogP contribution in [0.5, 0.6) is 0 Å². The predicted molar refractivity (Wildman–Crippen MR) is 41.7 cm³/mol. The first kappa shape index (κ1) is 9.19. The number of carbonyl (C=O) groups excluding carboxylic acids is 3. The number of nitrogens with zero attached hydrogens (tertiary/aromatic N) is 1. The van der Waals surface area contributed by atoms with Crippen LogP contribution in [0.3, 0.4) is 0 Å². The molecular formula is C7H8ClNO3. The topological polar surface area (TPSA) is 54.5 Å². The zero-order valence-electron chi connectivity index (χ0n) is 6.38. The molecule has 1 heterocycles. The molecule has 0 aromatic heterocycles. The van der Waals surface area contributed by atoms with Crippen molar-refractivity contribution >= 4 is 29.2 Å². The normalized spacial score (nSPS) is 17.2. The van der Waals surface area contributed by atoms with Gasteiger partial charge in [0.15, 0.2) is 5.78 Å². The summed E-state index contributed by atoms with van der Waals surface area (Å²) in [6.07, 6.45) is 0.433. The van der Waals surface area contributed by atoms with Crippen molar-refractivity contribution in [2.45, 2.75) is 12.8 Å².